The summed E-state index contributed by atoms with van der Waals surface area (Å²) in [5.74, 6) is -0.131. The number of benzene rings is 2. The minimum atomic E-state index is -0.131. The number of hydrogen-bond donors (Lipinski definition) is 1. The maximum atomic E-state index is 13.8. The van der Waals surface area contributed by atoms with E-state index in [4.69, 9.17) is 0 Å². The molecule has 1 unspecified atom stereocenters. The lowest BCUT2D eigenvalue weighted by molar-refractivity contribution is 0.572. The molecule has 0 bridgehead atoms. The highest BCUT2D eigenvalue weighted by molar-refractivity contribution is 9.10. The second-order valence-electron chi connectivity index (χ2n) is 4.56. The van der Waals surface area contributed by atoms with E-state index in [1.807, 2.05) is 18.2 Å². The van der Waals surface area contributed by atoms with Gasteiger partial charge in [0, 0.05) is 15.7 Å². The molecule has 3 heteroatoms. The smallest absolute Gasteiger partial charge is 0.128 e. The number of aryl methyl sites for hydroxylation is 1. The Morgan fingerprint density at radius 2 is 2.00 bits per heavy atom. The normalized spacial score (nSPS) is 18.0. The summed E-state index contributed by atoms with van der Waals surface area (Å²) >= 11 is 3.47. The van der Waals surface area contributed by atoms with Crippen LogP contribution in [-0.4, -0.2) is 0 Å². The summed E-state index contributed by atoms with van der Waals surface area (Å²) in [7, 11) is 0. The van der Waals surface area contributed by atoms with Crippen LogP contribution in [0.15, 0.2) is 46.9 Å². The van der Waals surface area contributed by atoms with E-state index in [0.29, 0.717) is 0 Å². The molecule has 0 saturated heterocycles. The summed E-state index contributed by atoms with van der Waals surface area (Å²) in [5.41, 5.74) is 3.15. The van der Waals surface area contributed by atoms with E-state index >= 15 is 0 Å². The van der Waals surface area contributed by atoms with Crippen molar-refractivity contribution in [1.82, 2.24) is 0 Å². The van der Waals surface area contributed by atoms with E-state index in [1.54, 1.807) is 6.07 Å². The molecule has 1 N–H and O–H groups in total. The molecule has 0 radical (unpaired) electrons. The molecule has 0 aliphatic carbocycles. The fourth-order valence-corrected chi connectivity index (χ4v) is 2.81. The molecule has 0 saturated carbocycles. The summed E-state index contributed by atoms with van der Waals surface area (Å²) in [4.78, 5) is 0. The highest BCUT2D eigenvalue weighted by atomic mass is 79.9. The molecule has 92 valence electrons. The SMILES string of the molecule is Fc1ccccc1C1CCc2ccc(Br)cc2N1. The van der Waals surface area contributed by atoms with Crippen LogP contribution >= 0.6 is 15.9 Å². The van der Waals surface area contributed by atoms with Gasteiger partial charge in [-0.3, -0.25) is 0 Å². The maximum absolute atomic E-state index is 13.8. The molecule has 1 aliphatic rings. The molecule has 0 aromatic heterocycles. The van der Waals surface area contributed by atoms with Crippen molar-refractivity contribution >= 4 is 21.6 Å². The molecule has 1 nitrogen and oxygen atoms in total. The first-order chi connectivity index (χ1) is 8.74. The average molecular weight is 306 g/mol. The Labute approximate surface area is 114 Å². The van der Waals surface area contributed by atoms with Crippen LogP contribution in [0, 0.1) is 5.82 Å². The van der Waals surface area contributed by atoms with Crippen molar-refractivity contribution in [3.05, 3.63) is 63.9 Å². The fraction of sp³-hybridized carbons (Fsp3) is 0.200. The van der Waals surface area contributed by atoms with Gasteiger partial charge < -0.3 is 5.32 Å². The van der Waals surface area contributed by atoms with Crippen molar-refractivity contribution < 1.29 is 4.39 Å². The summed E-state index contributed by atoms with van der Waals surface area (Å²) in [5, 5.41) is 3.42. The second-order valence-corrected chi connectivity index (χ2v) is 5.47. The molecule has 0 spiro atoms. The number of nitrogens with one attached hydrogen (secondary N) is 1. The molecular formula is C15H13BrFN. The average Bonchev–Trinajstić information content (AvgIpc) is 2.38. The van der Waals surface area contributed by atoms with Gasteiger partial charge in [0.2, 0.25) is 0 Å². The zero-order chi connectivity index (χ0) is 12.5. The standard InChI is InChI=1S/C15H13BrFN/c16-11-7-5-10-6-8-14(18-15(10)9-11)12-3-1-2-4-13(12)17/h1-5,7,9,14,18H,6,8H2. The van der Waals surface area contributed by atoms with E-state index in [2.05, 4.69) is 33.4 Å². The fourth-order valence-electron chi connectivity index (χ4n) is 2.45. The van der Waals surface area contributed by atoms with Crippen LogP contribution in [0.3, 0.4) is 0 Å². The summed E-state index contributed by atoms with van der Waals surface area (Å²) in [6.07, 6.45) is 1.91. The predicted molar refractivity (Wildman–Crippen MR) is 75.2 cm³/mol. The quantitative estimate of drug-likeness (QED) is 0.806. The van der Waals surface area contributed by atoms with Crippen LogP contribution in [0.2, 0.25) is 0 Å². The molecule has 1 atom stereocenters. The molecule has 1 heterocycles. The summed E-state index contributed by atoms with van der Waals surface area (Å²) in [6, 6.07) is 13.3. The molecular weight excluding hydrogens is 293 g/mol. The third-order valence-corrected chi connectivity index (χ3v) is 3.88. The van der Waals surface area contributed by atoms with Crippen LogP contribution in [0.5, 0.6) is 0 Å². The van der Waals surface area contributed by atoms with Crippen LogP contribution < -0.4 is 5.32 Å². The van der Waals surface area contributed by atoms with Gasteiger partial charge in [-0.1, -0.05) is 40.2 Å². The monoisotopic (exact) mass is 305 g/mol. The first-order valence-corrected chi connectivity index (χ1v) is 6.83. The van der Waals surface area contributed by atoms with Crippen LogP contribution in [0.4, 0.5) is 10.1 Å². The third kappa shape index (κ3) is 2.15. The third-order valence-electron chi connectivity index (χ3n) is 3.38. The van der Waals surface area contributed by atoms with Gasteiger partial charge >= 0.3 is 0 Å². The van der Waals surface area contributed by atoms with E-state index in [1.165, 1.54) is 11.6 Å². The van der Waals surface area contributed by atoms with Crippen molar-refractivity contribution in [1.29, 1.82) is 0 Å². The molecule has 2 aromatic rings. The van der Waals surface area contributed by atoms with Crippen molar-refractivity contribution in [2.45, 2.75) is 18.9 Å². The van der Waals surface area contributed by atoms with Gasteiger partial charge in [0.15, 0.2) is 0 Å². The zero-order valence-corrected chi connectivity index (χ0v) is 11.4. The Morgan fingerprint density at radius 1 is 1.17 bits per heavy atom. The van der Waals surface area contributed by atoms with Gasteiger partial charge in [-0.2, -0.15) is 0 Å². The Balaban J connectivity index is 1.93. The molecule has 1 aliphatic heterocycles. The second kappa shape index (κ2) is 4.73. The van der Waals surface area contributed by atoms with Crippen molar-refractivity contribution in [2.75, 3.05) is 5.32 Å². The van der Waals surface area contributed by atoms with E-state index in [-0.39, 0.29) is 11.9 Å². The molecule has 18 heavy (non-hydrogen) atoms. The number of anilines is 1. The molecule has 0 fully saturated rings. The Morgan fingerprint density at radius 3 is 2.83 bits per heavy atom. The van der Waals surface area contributed by atoms with E-state index in [0.717, 1.165) is 28.6 Å². The van der Waals surface area contributed by atoms with Gasteiger partial charge in [0.05, 0.1) is 6.04 Å². The first-order valence-electron chi connectivity index (χ1n) is 6.03. The Hall–Kier alpha value is -1.35. The number of rotatable bonds is 1. The van der Waals surface area contributed by atoms with Crippen LogP contribution in [-0.2, 0) is 6.42 Å². The topological polar surface area (TPSA) is 12.0 Å². The lowest BCUT2D eigenvalue weighted by Gasteiger charge is -2.27. The number of hydrogen-bond acceptors (Lipinski definition) is 1. The largest absolute Gasteiger partial charge is 0.378 e. The summed E-state index contributed by atoms with van der Waals surface area (Å²) in [6.45, 7) is 0. The van der Waals surface area contributed by atoms with Gasteiger partial charge in [-0.05, 0) is 36.6 Å². The molecule has 3 rings (SSSR count). The zero-order valence-electron chi connectivity index (χ0n) is 9.79. The van der Waals surface area contributed by atoms with E-state index < -0.39 is 0 Å². The Bertz CT molecular complexity index is 582. The number of fused-ring (bicyclic) bond motifs is 1. The van der Waals surface area contributed by atoms with Gasteiger partial charge in [0.1, 0.15) is 5.82 Å². The molecule has 2 aromatic carbocycles. The highest BCUT2D eigenvalue weighted by Gasteiger charge is 2.21. The van der Waals surface area contributed by atoms with Crippen molar-refractivity contribution in [2.24, 2.45) is 0 Å². The van der Waals surface area contributed by atoms with Gasteiger partial charge in [0.25, 0.3) is 0 Å². The van der Waals surface area contributed by atoms with Gasteiger partial charge in [-0.25, -0.2) is 4.39 Å². The minimum Gasteiger partial charge on any atom is -0.378 e. The number of halogens is 2. The molecule has 0 amide bonds. The van der Waals surface area contributed by atoms with Gasteiger partial charge in [-0.15, -0.1) is 0 Å². The van der Waals surface area contributed by atoms with E-state index in [9.17, 15) is 4.39 Å². The summed E-state index contributed by atoms with van der Waals surface area (Å²) < 4.78 is 14.8. The lowest BCUT2D eigenvalue weighted by Crippen LogP contribution is -2.19. The lowest BCUT2D eigenvalue weighted by atomic mass is 9.93. The minimum absolute atomic E-state index is 0.0630. The Kier molecular flexibility index (Phi) is 3.08. The maximum Gasteiger partial charge on any atom is 0.128 e. The highest BCUT2D eigenvalue weighted by Crippen LogP contribution is 2.34. The van der Waals surface area contributed by atoms with Crippen LogP contribution in [0.1, 0.15) is 23.6 Å². The predicted octanol–water partition coefficient (Wildman–Crippen LogP) is 4.69. The first kappa shape index (κ1) is 11.7. The van der Waals surface area contributed by atoms with Crippen molar-refractivity contribution in [3.8, 4) is 0 Å². The van der Waals surface area contributed by atoms with Crippen LogP contribution in [0.25, 0.3) is 0 Å². The van der Waals surface area contributed by atoms with Crippen molar-refractivity contribution in [3.63, 3.8) is 0 Å².